The lowest BCUT2D eigenvalue weighted by atomic mass is 10.1. The number of rotatable bonds is 2. The minimum Gasteiger partial charge on any atom is -0.481 e. The number of carbonyl (C=O) groups is 1. The number of nitrogens with one attached hydrogen (secondary N) is 1. The van der Waals surface area contributed by atoms with Crippen LogP contribution in [-0.4, -0.2) is 16.8 Å². The Labute approximate surface area is 47.8 Å². The van der Waals surface area contributed by atoms with E-state index in [0.29, 0.717) is 0 Å². The topological polar surface area (TPSA) is 61.2 Å². The molecule has 0 aromatic heterocycles. The maximum atomic E-state index is 10.00. The highest BCUT2D eigenvalue weighted by Gasteiger charge is 2.11. The average molecular weight is 115 g/mol. The maximum Gasteiger partial charge on any atom is 0.311 e. The molecule has 0 aliphatic carbocycles. The van der Waals surface area contributed by atoms with Gasteiger partial charge in [-0.3, -0.25) is 4.79 Å². The molecule has 0 aromatic rings. The highest BCUT2D eigenvalue weighted by atomic mass is 16.4. The molecule has 0 bridgehead atoms. The molecule has 3 nitrogen and oxygen atoms in total. The van der Waals surface area contributed by atoms with E-state index in [-0.39, 0.29) is 5.71 Å². The van der Waals surface area contributed by atoms with Gasteiger partial charge in [-0.05, 0) is 13.8 Å². The van der Waals surface area contributed by atoms with Crippen molar-refractivity contribution >= 4 is 11.7 Å². The van der Waals surface area contributed by atoms with Crippen LogP contribution < -0.4 is 0 Å². The average Bonchev–Trinajstić information content (AvgIpc) is 1.64. The van der Waals surface area contributed by atoms with Gasteiger partial charge in [0.25, 0.3) is 0 Å². The summed E-state index contributed by atoms with van der Waals surface area (Å²) in [5.41, 5.74) is 0.192. The van der Waals surface area contributed by atoms with Crippen LogP contribution in [0.3, 0.4) is 0 Å². The second kappa shape index (κ2) is 2.45. The zero-order chi connectivity index (χ0) is 6.73. The number of hydrogen-bond donors (Lipinski definition) is 2. The molecule has 0 radical (unpaired) electrons. The minimum atomic E-state index is -0.933. The summed E-state index contributed by atoms with van der Waals surface area (Å²) in [4.78, 5) is 10.00. The lowest BCUT2D eigenvalue weighted by Crippen LogP contribution is -2.16. The molecule has 0 fully saturated rings. The first kappa shape index (κ1) is 7.14. The second-order valence-electron chi connectivity index (χ2n) is 1.74. The first-order valence-electron chi connectivity index (χ1n) is 2.33. The largest absolute Gasteiger partial charge is 0.481 e. The summed E-state index contributed by atoms with van der Waals surface area (Å²) < 4.78 is 0. The van der Waals surface area contributed by atoms with Crippen molar-refractivity contribution in [3.63, 3.8) is 0 Å². The van der Waals surface area contributed by atoms with Crippen LogP contribution in [0.15, 0.2) is 0 Å². The maximum absolute atomic E-state index is 10.00. The molecule has 0 rings (SSSR count). The molecule has 2 N–H and O–H groups in total. The van der Waals surface area contributed by atoms with Gasteiger partial charge < -0.3 is 10.5 Å². The first-order chi connectivity index (χ1) is 3.55. The number of hydrogen-bond acceptors (Lipinski definition) is 2. The van der Waals surface area contributed by atoms with E-state index in [9.17, 15) is 4.79 Å². The Morgan fingerprint density at radius 2 is 2.12 bits per heavy atom. The third-order valence-corrected chi connectivity index (χ3v) is 1.02. The van der Waals surface area contributed by atoms with Gasteiger partial charge in [-0.2, -0.15) is 0 Å². The predicted octanol–water partition coefficient (Wildman–Crippen LogP) is 0.747. The van der Waals surface area contributed by atoms with E-state index >= 15 is 0 Å². The van der Waals surface area contributed by atoms with E-state index in [4.69, 9.17) is 10.5 Å². The van der Waals surface area contributed by atoms with E-state index in [2.05, 4.69) is 0 Å². The Kier molecular flexibility index (Phi) is 2.19. The Balaban J connectivity index is 3.83. The van der Waals surface area contributed by atoms with E-state index in [1.54, 1.807) is 0 Å². The molecule has 0 aliphatic heterocycles. The van der Waals surface area contributed by atoms with Crippen molar-refractivity contribution in [1.82, 2.24) is 0 Å². The number of aliphatic carboxylic acids is 1. The SMILES string of the molecule is CC(=N)C(C)C(=O)O. The fraction of sp³-hybridized carbons (Fsp3) is 0.600. The minimum absolute atomic E-state index is 0.192. The van der Waals surface area contributed by atoms with Crippen LogP contribution in [-0.2, 0) is 4.79 Å². The Hall–Kier alpha value is -0.860. The van der Waals surface area contributed by atoms with Crippen molar-refractivity contribution in [2.75, 3.05) is 0 Å². The molecule has 0 saturated heterocycles. The summed E-state index contributed by atoms with van der Waals surface area (Å²) in [5, 5.41) is 15.1. The van der Waals surface area contributed by atoms with Crippen LogP contribution in [0.5, 0.6) is 0 Å². The quantitative estimate of drug-likeness (QED) is 0.521. The number of carboxylic acid groups (broad SMARTS) is 1. The molecule has 1 unspecified atom stereocenters. The van der Waals surface area contributed by atoms with Crippen molar-refractivity contribution in [2.45, 2.75) is 13.8 Å². The number of carboxylic acids is 1. The Morgan fingerprint density at radius 3 is 2.12 bits per heavy atom. The standard InChI is InChI=1S/C5H9NO2/c1-3(4(2)6)5(7)8/h3,6H,1-2H3,(H,7,8). The van der Waals surface area contributed by atoms with Crippen molar-refractivity contribution in [1.29, 1.82) is 5.41 Å². The Bertz CT molecular complexity index is 106. The predicted molar refractivity (Wildman–Crippen MR) is 30.2 cm³/mol. The van der Waals surface area contributed by atoms with Crippen LogP contribution >= 0.6 is 0 Å². The van der Waals surface area contributed by atoms with Crippen molar-refractivity contribution in [3.05, 3.63) is 0 Å². The molecule has 8 heavy (non-hydrogen) atoms. The zero-order valence-electron chi connectivity index (χ0n) is 4.93. The van der Waals surface area contributed by atoms with E-state index in [1.807, 2.05) is 0 Å². The third kappa shape index (κ3) is 1.73. The molecular weight excluding hydrogens is 106 g/mol. The zero-order valence-corrected chi connectivity index (χ0v) is 4.93. The molecule has 3 heteroatoms. The summed E-state index contributed by atoms with van der Waals surface area (Å²) in [5.74, 6) is -1.56. The van der Waals surface area contributed by atoms with Gasteiger partial charge in [0.2, 0.25) is 0 Å². The van der Waals surface area contributed by atoms with Gasteiger partial charge >= 0.3 is 5.97 Å². The van der Waals surface area contributed by atoms with Gasteiger partial charge in [0.15, 0.2) is 0 Å². The Morgan fingerprint density at radius 1 is 1.75 bits per heavy atom. The lowest BCUT2D eigenvalue weighted by Gasteiger charge is -1.99. The summed E-state index contributed by atoms with van der Waals surface area (Å²) in [7, 11) is 0. The van der Waals surface area contributed by atoms with Gasteiger partial charge in [-0.25, -0.2) is 0 Å². The molecular formula is C5H9NO2. The van der Waals surface area contributed by atoms with E-state index < -0.39 is 11.9 Å². The van der Waals surface area contributed by atoms with Gasteiger partial charge in [-0.15, -0.1) is 0 Å². The van der Waals surface area contributed by atoms with Crippen LogP contribution in [0.1, 0.15) is 13.8 Å². The molecule has 0 spiro atoms. The monoisotopic (exact) mass is 115 g/mol. The van der Waals surface area contributed by atoms with Crippen molar-refractivity contribution in [3.8, 4) is 0 Å². The van der Waals surface area contributed by atoms with Crippen LogP contribution in [0.25, 0.3) is 0 Å². The highest BCUT2D eigenvalue weighted by Crippen LogP contribution is 1.94. The fourth-order valence-electron chi connectivity index (χ4n) is 0.185. The van der Waals surface area contributed by atoms with Crippen LogP contribution in [0.4, 0.5) is 0 Å². The molecule has 0 saturated carbocycles. The van der Waals surface area contributed by atoms with Gasteiger partial charge in [0.1, 0.15) is 0 Å². The van der Waals surface area contributed by atoms with E-state index in [1.165, 1.54) is 13.8 Å². The van der Waals surface area contributed by atoms with Crippen molar-refractivity contribution < 1.29 is 9.90 Å². The van der Waals surface area contributed by atoms with Crippen LogP contribution in [0.2, 0.25) is 0 Å². The molecule has 0 aromatic carbocycles. The van der Waals surface area contributed by atoms with Crippen molar-refractivity contribution in [2.24, 2.45) is 5.92 Å². The summed E-state index contributed by atoms with van der Waals surface area (Å²) in [6.07, 6.45) is 0. The summed E-state index contributed by atoms with van der Waals surface area (Å²) in [6, 6.07) is 0. The molecule has 0 amide bonds. The normalized spacial score (nSPS) is 12.8. The fourth-order valence-corrected chi connectivity index (χ4v) is 0.185. The first-order valence-corrected chi connectivity index (χ1v) is 2.33. The van der Waals surface area contributed by atoms with Gasteiger partial charge in [0, 0.05) is 5.71 Å². The molecule has 1 atom stereocenters. The highest BCUT2D eigenvalue weighted by molar-refractivity contribution is 5.97. The summed E-state index contributed by atoms with van der Waals surface area (Å²) >= 11 is 0. The smallest absolute Gasteiger partial charge is 0.311 e. The molecule has 0 heterocycles. The van der Waals surface area contributed by atoms with Crippen LogP contribution in [0, 0.1) is 11.3 Å². The molecule has 46 valence electrons. The lowest BCUT2D eigenvalue weighted by molar-refractivity contribution is -0.138. The second-order valence-corrected chi connectivity index (χ2v) is 1.74. The third-order valence-electron chi connectivity index (χ3n) is 1.02. The summed E-state index contributed by atoms with van der Waals surface area (Å²) in [6.45, 7) is 2.98. The van der Waals surface area contributed by atoms with Gasteiger partial charge in [0.05, 0.1) is 5.92 Å². The molecule has 0 aliphatic rings. The van der Waals surface area contributed by atoms with Gasteiger partial charge in [-0.1, -0.05) is 0 Å². The van der Waals surface area contributed by atoms with E-state index in [0.717, 1.165) is 0 Å².